The minimum absolute atomic E-state index is 0.0549. The maximum atomic E-state index is 12.4. The van der Waals surface area contributed by atoms with Crippen LogP contribution >= 0.6 is 0 Å². The summed E-state index contributed by atoms with van der Waals surface area (Å²) in [6.07, 6.45) is -5.63. The molecule has 14 heavy (non-hydrogen) atoms. The van der Waals surface area contributed by atoms with Crippen molar-refractivity contribution in [1.29, 1.82) is 0 Å². The van der Waals surface area contributed by atoms with Crippen molar-refractivity contribution in [3.63, 3.8) is 0 Å². The monoisotopic (exact) mass is 212 g/mol. The largest absolute Gasteiger partial charge is 0.414 e. The first-order valence-corrected chi connectivity index (χ1v) is 4.95. The van der Waals surface area contributed by atoms with Gasteiger partial charge in [-0.05, 0) is 32.6 Å². The molecule has 0 aliphatic rings. The molecule has 0 rings (SSSR count). The van der Waals surface area contributed by atoms with E-state index in [1.807, 2.05) is 13.8 Å². The highest BCUT2D eigenvalue weighted by Crippen LogP contribution is 2.28. The molecule has 0 fully saturated rings. The van der Waals surface area contributed by atoms with Gasteiger partial charge in [-0.15, -0.1) is 0 Å². The van der Waals surface area contributed by atoms with Crippen molar-refractivity contribution in [1.82, 2.24) is 0 Å². The maximum Gasteiger partial charge on any atom is 0.414 e. The first-order chi connectivity index (χ1) is 6.23. The number of hydrogen-bond donors (Lipinski definition) is 0. The van der Waals surface area contributed by atoms with Crippen molar-refractivity contribution in [2.24, 2.45) is 5.92 Å². The third kappa shape index (κ3) is 6.24. The molecule has 0 aliphatic heterocycles. The Bertz CT molecular complexity index is 152. The molecule has 0 radical (unpaired) electrons. The van der Waals surface area contributed by atoms with Gasteiger partial charge in [-0.3, -0.25) is 0 Å². The molecule has 0 aromatic rings. The summed E-state index contributed by atoms with van der Waals surface area (Å²) >= 11 is 0. The molecule has 0 bridgehead atoms. The van der Waals surface area contributed by atoms with Crippen molar-refractivity contribution < 1.29 is 17.9 Å². The lowest BCUT2D eigenvalue weighted by atomic mass is 10.0. The van der Waals surface area contributed by atoms with Crippen LogP contribution in [0.25, 0.3) is 0 Å². The molecule has 0 spiro atoms. The molecule has 0 aromatic heterocycles. The van der Waals surface area contributed by atoms with Gasteiger partial charge in [0.1, 0.15) is 0 Å². The highest BCUT2D eigenvalue weighted by Gasteiger charge is 2.40. The van der Waals surface area contributed by atoms with E-state index in [0.29, 0.717) is 6.42 Å². The molecule has 86 valence electrons. The molecule has 0 saturated heterocycles. The number of alkyl halides is 3. The summed E-state index contributed by atoms with van der Waals surface area (Å²) in [5.41, 5.74) is 0. The molecular formula is C10H19F3O. The van der Waals surface area contributed by atoms with Crippen LogP contribution in [0.1, 0.15) is 40.5 Å². The Morgan fingerprint density at radius 2 is 1.50 bits per heavy atom. The molecule has 0 aliphatic carbocycles. The zero-order chi connectivity index (χ0) is 11.4. The van der Waals surface area contributed by atoms with E-state index in [1.54, 1.807) is 13.8 Å². The van der Waals surface area contributed by atoms with Crippen molar-refractivity contribution in [3.05, 3.63) is 0 Å². The van der Waals surface area contributed by atoms with Crippen LogP contribution in [0.2, 0.25) is 0 Å². The number of hydrogen-bond acceptors (Lipinski definition) is 1. The van der Waals surface area contributed by atoms with Gasteiger partial charge >= 0.3 is 6.18 Å². The normalized spacial score (nSPS) is 15.2. The van der Waals surface area contributed by atoms with E-state index in [4.69, 9.17) is 4.74 Å². The molecule has 4 heteroatoms. The maximum absolute atomic E-state index is 12.4. The summed E-state index contributed by atoms with van der Waals surface area (Å²) < 4.78 is 42.1. The second-order valence-corrected chi connectivity index (χ2v) is 4.19. The summed E-state index contributed by atoms with van der Waals surface area (Å²) in [5.74, 6) is 0.274. The van der Waals surface area contributed by atoms with Crippen LogP contribution in [0.3, 0.4) is 0 Å². The van der Waals surface area contributed by atoms with Gasteiger partial charge in [0.05, 0.1) is 6.10 Å². The van der Waals surface area contributed by atoms with Crippen LogP contribution in [-0.2, 0) is 4.74 Å². The van der Waals surface area contributed by atoms with Crippen LogP contribution in [0, 0.1) is 5.92 Å². The molecule has 1 unspecified atom stereocenters. The second-order valence-electron chi connectivity index (χ2n) is 4.19. The fourth-order valence-corrected chi connectivity index (χ4v) is 1.12. The van der Waals surface area contributed by atoms with Crippen LogP contribution < -0.4 is 0 Å². The predicted molar refractivity (Wildman–Crippen MR) is 50.1 cm³/mol. The Balaban J connectivity index is 4.12. The minimum Gasteiger partial charge on any atom is -0.366 e. The first kappa shape index (κ1) is 13.8. The lowest BCUT2D eigenvalue weighted by Gasteiger charge is -2.23. The highest BCUT2D eigenvalue weighted by molar-refractivity contribution is 4.69. The smallest absolute Gasteiger partial charge is 0.366 e. The summed E-state index contributed by atoms with van der Waals surface area (Å²) in [4.78, 5) is 0. The van der Waals surface area contributed by atoms with Crippen LogP contribution in [0.15, 0.2) is 0 Å². The van der Waals surface area contributed by atoms with Crippen molar-refractivity contribution >= 4 is 0 Å². The van der Waals surface area contributed by atoms with E-state index in [-0.39, 0.29) is 18.4 Å². The third-order valence-electron chi connectivity index (χ3n) is 1.81. The lowest BCUT2D eigenvalue weighted by Crippen LogP contribution is -2.34. The fourth-order valence-electron chi connectivity index (χ4n) is 1.12. The van der Waals surface area contributed by atoms with E-state index in [1.165, 1.54) is 0 Å². The minimum atomic E-state index is -4.24. The zero-order valence-corrected chi connectivity index (χ0v) is 9.19. The Hall–Kier alpha value is -0.250. The summed E-state index contributed by atoms with van der Waals surface area (Å²) in [6, 6.07) is 0. The third-order valence-corrected chi connectivity index (χ3v) is 1.81. The molecule has 1 nitrogen and oxygen atoms in total. The lowest BCUT2D eigenvalue weighted by molar-refractivity contribution is -0.232. The van der Waals surface area contributed by atoms with Crippen LogP contribution in [0.4, 0.5) is 13.2 Å². The molecule has 0 heterocycles. The van der Waals surface area contributed by atoms with E-state index >= 15 is 0 Å². The molecule has 0 aromatic carbocycles. The van der Waals surface area contributed by atoms with Gasteiger partial charge in [0.2, 0.25) is 0 Å². The SMILES string of the molecule is CC(C)CCC(OC(C)C)C(F)(F)F. The fraction of sp³-hybridized carbons (Fsp3) is 1.00. The Labute approximate surface area is 83.6 Å². The van der Waals surface area contributed by atoms with Gasteiger partial charge in [-0.25, -0.2) is 0 Å². The number of ether oxygens (including phenoxy) is 1. The summed E-state index contributed by atoms with van der Waals surface area (Å²) in [7, 11) is 0. The van der Waals surface area contributed by atoms with E-state index < -0.39 is 12.3 Å². The molecule has 0 N–H and O–H groups in total. The standard InChI is InChI=1S/C10H19F3O/c1-7(2)5-6-9(10(11,12)13)14-8(3)4/h7-9H,5-6H2,1-4H3. The van der Waals surface area contributed by atoms with E-state index in [0.717, 1.165) is 0 Å². The van der Waals surface area contributed by atoms with E-state index in [2.05, 4.69) is 0 Å². The quantitative estimate of drug-likeness (QED) is 0.674. The van der Waals surface area contributed by atoms with Crippen molar-refractivity contribution in [3.8, 4) is 0 Å². The highest BCUT2D eigenvalue weighted by atomic mass is 19.4. The van der Waals surface area contributed by atoms with Gasteiger partial charge in [0.25, 0.3) is 0 Å². The zero-order valence-electron chi connectivity index (χ0n) is 9.19. The van der Waals surface area contributed by atoms with Gasteiger partial charge < -0.3 is 4.74 Å². The summed E-state index contributed by atoms with van der Waals surface area (Å²) in [6.45, 7) is 7.05. The van der Waals surface area contributed by atoms with Gasteiger partial charge in [-0.1, -0.05) is 13.8 Å². The Kier molecular flexibility index (Phi) is 5.49. The average molecular weight is 212 g/mol. The van der Waals surface area contributed by atoms with Gasteiger partial charge in [0, 0.05) is 0 Å². The molecule has 0 amide bonds. The van der Waals surface area contributed by atoms with Gasteiger partial charge in [-0.2, -0.15) is 13.2 Å². The molecule has 1 atom stereocenters. The second kappa shape index (κ2) is 5.59. The van der Waals surface area contributed by atoms with E-state index in [9.17, 15) is 13.2 Å². The van der Waals surface area contributed by atoms with Crippen LogP contribution in [-0.4, -0.2) is 18.4 Å². The Morgan fingerprint density at radius 1 is 1.00 bits per heavy atom. The van der Waals surface area contributed by atoms with Crippen LogP contribution in [0.5, 0.6) is 0 Å². The topological polar surface area (TPSA) is 9.23 Å². The number of rotatable bonds is 5. The molecular weight excluding hydrogens is 193 g/mol. The Morgan fingerprint density at radius 3 is 1.79 bits per heavy atom. The average Bonchev–Trinajstić information content (AvgIpc) is 1.94. The predicted octanol–water partition coefficient (Wildman–Crippen LogP) is 3.78. The van der Waals surface area contributed by atoms with Gasteiger partial charge in [0.15, 0.2) is 6.10 Å². The summed E-state index contributed by atoms with van der Waals surface area (Å²) in [5, 5.41) is 0. The number of halogens is 3. The van der Waals surface area contributed by atoms with Crippen molar-refractivity contribution in [2.75, 3.05) is 0 Å². The molecule has 0 saturated carbocycles. The first-order valence-electron chi connectivity index (χ1n) is 4.95. The van der Waals surface area contributed by atoms with Crippen molar-refractivity contribution in [2.45, 2.75) is 58.9 Å².